The average Bonchev–Trinajstić information content (AvgIpc) is 2.66. The van der Waals surface area contributed by atoms with Crippen LogP contribution in [0.3, 0.4) is 0 Å². The van der Waals surface area contributed by atoms with E-state index in [9.17, 15) is 23.1 Å². The van der Waals surface area contributed by atoms with E-state index in [1.54, 1.807) is 48.5 Å². The molecule has 2 aromatic rings. The normalized spacial score (nSPS) is 22.4. The zero-order valence-corrected chi connectivity index (χ0v) is 14.8. The standard InChI is InChI=1S/C19H14N2O5S/c22-17-14(10-13-8-4-5-9-20-13)18-21(17)16(19(23)24)15(11-27(18,25)26)12-6-2-1-3-7-12/h1-10,18H,11H2,(H,23,24)/b14-10-/t18-/m1/s1. The van der Waals surface area contributed by atoms with Crippen LogP contribution >= 0.6 is 0 Å². The molecule has 1 atom stereocenters. The van der Waals surface area contributed by atoms with Crippen molar-refractivity contribution in [2.24, 2.45) is 0 Å². The minimum absolute atomic E-state index is 0.0274. The van der Waals surface area contributed by atoms with Crippen molar-refractivity contribution in [1.29, 1.82) is 0 Å². The van der Waals surface area contributed by atoms with E-state index in [0.717, 1.165) is 4.90 Å². The Morgan fingerprint density at radius 3 is 2.48 bits per heavy atom. The number of carboxylic acids is 1. The number of aliphatic carboxylic acids is 1. The number of hydrogen-bond donors (Lipinski definition) is 1. The van der Waals surface area contributed by atoms with Crippen LogP contribution in [0.15, 0.2) is 66.0 Å². The lowest BCUT2D eigenvalue weighted by Gasteiger charge is -2.45. The van der Waals surface area contributed by atoms with Gasteiger partial charge in [-0.15, -0.1) is 0 Å². The van der Waals surface area contributed by atoms with Crippen LogP contribution in [0.1, 0.15) is 11.3 Å². The van der Waals surface area contributed by atoms with Crippen molar-refractivity contribution in [3.8, 4) is 0 Å². The number of sulfone groups is 1. The quantitative estimate of drug-likeness (QED) is 0.638. The topological polar surface area (TPSA) is 105 Å². The van der Waals surface area contributed by atoms with Gasteiger partial charge in [-0.05, 0) is 23.8 Å². The Morgan fingerprint density at radius 1 is 1.15 bits per heavy atom. The van der Waals surface area contributed by atoms with Gasteiger partial charge in [0.25, 0.3) is 5.91 Å². The molecular weight excluding hydrogens is 368 g/mol. The number of aromatic nitrogens is 1. The predicted molar refractivity (Wildman–Crippen MR) is 97.6 cm³/mol. The lowest BCUT2D eigenvalue weighted by Crippen LogP contribution is -2.62. The minimum Gasteiger partial charge on any atom is -0.477 e. The van der Waals surface area contributed by atoms with Crippen LogP contribution in [0.2, 0.25) is 0 Å². The van der Waals surface area contributed by atoms with Crippen molar-refractivity contribution in [3.63, 3.8) is 0 Å². The van der Waals surface area contributed by atoms with Gasteiger partial charge in [0, 0.05) is 11.8 Å². The zero-order valence-electron chi connectivity index (χ0n) is 13.9. The van der Waals surface area contributed by atoms with Crippen LogP contribution in [-0.2, 0) is 19.4 Å². The second-order valence-electron chi connectivity index (χ2n) is 6.19. The van der Waals surface area contributed by atoms with Gasteiger partial charge < -0.3 is 5.11 Å². The maximum Gasteiger partial charge on any atom is 0.353 e. The first kappa shape index (κ1) is 17.2. The highest BCUT2D eigenvalue weighted by molar-refractivity contribution is 7.92. The second-order valence-corrected chi connectivity index (χ2v) is 8.25. The van der Waals surface area contributed by atoms with Crippen molar-refractivity contribution < 1.29 is 23.1 Å². The molecule has 136 valence electrons. The van der Waals surface area contributed by atoms with Crippen LogP contribution in [0.5, 0.6) is 0 Å². The monoisotopic (exact) mass is 382 g/mol. The van der Waals surface area contributed by atoms with E-state index in [-0.39, 0.29) is 16.8 Å². The number of nitrogens with zero attached hydrogens (tertiary/aromatic N) is 2. The molecule has 7 nitrogen and oxygen atoms in total. The Balaban J connectivity index is 1.86. The van der Waals surface area contributed by atoms with E-state index in [4.69, 9.17) is 0 Å². The molecule has 27 heavy (non-hydrogen) atoms. The molecule has 0 spiro atoms. The molecule has 2 aliphatic rings. The van der Waals surface area contributed by atoms with Crippen molar-refractivity contribution >= 4 is 33.4 Å². The fourth-order valence-corrected chi connectivity index (χ4v) is 5.28. The Labute approximate surface area is 155 Å². The lowest BCUT2D eigenvalue weighted by atomic mass is 9.98. The number of β-lactam (4-membered cyclic amide) rings is 1. The summed E-state index contributed by atoms with van der Waals surface area (Å²) in [7, 11) is -3.80. The Morgan fingerprint density at radius 2 is 1.85 bits per heavy atom. The molecule has 0 radical (unpaired) electrons. The van der Waals surface area contributed by atoms with Crippen molar-refractivity contribution in [2.45, 2.75) is 5.37 Å². The van der Waals surface area contributed by atoms with Gasteiger partial charge in [0.15, 0.2) is 15.2 Å². The highest BCUT2D eigenvalue weighted by Crippen LogP contribution is 2.43. The summed E-state index contributed by atoms with van der Waals surface area (Å²) in [5, 5.41) is 8.38. The molecule has 0 saturated carbocycles. The Hall–Kier alpha value is -3.26. The SMILES string of the molecule is O=C(O)C1=C(c2ccccc2)CS(=O)(=O)[C@@H]2/C(=C\c3ccccn3)C(=O)N12. The summed E-state index contributed by atoms with van der Waals surface area (Å²) >= 11 is 0. The molecule has 1 saturated heterocycles. The molecule has 0 bridgehead atoms. The number of rotatable bonds is 3. The van der Waals surface area contributed by atoms with Gasteiger partial charge in [-0.2, -0.15) is 0 Å². The zero-order chi connectivity index (χ0) is 19.2. The molecular formula is C19H14N2O5S. The summed E-state index contributed by atoms with van der Waals surface area (Å²) < 4.78 is 25.7. The van der Waals surface area contributed by atoms with Gasteiger partial charge in [-0.1, -0.05) is 36.4 Å². The van der Waals surface area contributed by atoms with Crippen LogP contribution in [0.25, 0.3) is 11.6 Å². The van der Waals surface area contributed by atoms with Gasteiger partial charge >= 0.3 is 5.97 Å². The van der Waals surface area contributed by atoms with Crippen LogP contribution < -0.4 is 0 Å². The lowest BCUT2D eigenvalue weighted by molar-refractivity contribution is -0.141. The van der Waals surface area contributed by atoms with Gasteiger partial charge in [-0.3, -0.25) is 14.7 Å². The number of fused-ring (bicyclic) bond motifs is 1. The van der Waals surface area contributed by atoms with E-state index in [2.05, 4.69) is 4.98 Å². The third-order valence-electron chi connectivity index (χ3n) is 4.49. The van der Waals surface area contributed by atoms with Crippen LogP contribution in [0, 0.1) is 0 Å². The fourth-order valence-electron chi connectivity index (χ4n) is 3.34. The molecule has 1 amide bonds. The molecule has 1 aromatic carbocycles. The summed E-state index contributed by atoms with van der Waals surface area (Å²) in [6, 6.07) is 13.4. The number of carboxylic acid groups (broad SMARTS) is 1. The van der Waals surface area contributed by atoms with E-state index in [1.807, 2.05) is 0 Å². The molecule has 0 unspecified atom stereocenters. The summed E-state index contributed by atoms with van der Waals surface area (Å²) in [6.07, 6.45) is 2.92. The van der Waals surface area contributed by atoms with E-state index in [1.165, 1.54) is 12.3 Å². The first-order chi connectivity index (χ1) is 12.9. The van der Waals surface area contributed by atoms with E-state index >= 15 is 0 Å². The third kappa shape index (κ3) is 2.74. The van der Waals surface area contributed by atoms with Crippen LogP contribution in [-0.4, -0.2) is 46.4 Å². The molecule has 3 heterocycles. The van der Waals surface area contributed by atoms with Gasteiger partial charge in [0.2, 0.25) is 0 Å². The fraction of sp³-hybridized carbons (Fsp3) is 0.105. The maximum atomic E-state index is 12.9. The van der Waals surface area contributed by atoms with Crippen molar-refractivity contribution in [3.05, 3.63) is 77.3 Å². The largest absolute Gasteiger partial charge is 0.477 e. The Bertz CT molecular complexity index is 1110. The number of carbonyl (C=O) groups excluding carboxylic acids is 1. The van der Waals surface area contributed by atoms with Crippen LogP contribution in [0.4, 0.5) is 0 Å². The van der Waals surface area contributed by atoms with E-state index in [0.29, 0.717) is 11.3 Å². The number of pyridine rings is 1. The highest BCUT2D eigenvalue weighted by Gasteiger charge is 2.56. The number of amides is 1. The molecule has 8 heteroatoms. The summed E-state index contributed by atoms with van der Waals surface area (Å²) in [5.41, 5.74) is 0.755. The first-order valence-electron chi connectivity index (χ1n) is 8.10. The molecule has 4 rings (SSSR count). The number of hydrogen-bond acceptors (Lipinski definition) is 5. The summed E-state index contributed by atoms with van der Waals surface area (Å²) in [5.74, 6) is -2.43. The number of carbonyl (C=O) groups is 2. The van der Waals surface area contributed by atoms with Crippen molar-refractivity contribution in [1.82, 2.24) is 9.88 Å². The first-order valence-corrected chi connectivity index (χ1v) is 9.81. The Kier molecular flexibility index (Phi) is 3.92. The molecule has 0 aliphatic carbocycles. The molecule has 2 aliphatic heterocycles. The predicted octanol–water partition coefficient (Wildman–Crippen LogP) is 1.56. The van der Waals surface area contributed by atoms with Gasteiger partial charge in [0.1, 0.15) is 5.70 Å². The molecule has 1 fully saturated rings. The van der Waals surface area contributed by atoms with E-state index < -0.39 is 32.8 Å². The van der Waals surface area contributed by atoms with Gasteiger partial charge in [0.05, 0.1) is 17.0 Å². The summed E-state index contributed by atoms with van der Waals surface area (Å²) in [6.45, 7) is 0. The van der Waals surface area contributed by atoms with Gasteiger partial charge in [-0.25, -0.2) is 13.2 Å². The maximum absolute atomic E-state index is 12.9. The second kappa shape index (κ2) is 6.17. The molecule has 1 N–H and O–H groups in total. The highest BCUT2D eigenvalue weighted by atomic mass is 32.2. The number of benzene rings is 1. The minimum atomic E-state index is -3.80. The smallest absolute Gasteiger partial charge is 0.353 e. The van der Waals surface area contributed by atoms with Crippen molar-refractivity contribution in [2.75, 3.05) is 5.75 Å². The molecule has 1 aromatic heterocycles. The average molecular weight is 382 g/mol. The third-order valence-corrected chi connectivity index (χ3v) is 6.33. The summed E-state index contributed by atoms with van der Waals surface area (Å²) in [4.78, 5) is 29.4.